The molecule has 0 aliphatic heterocycles. The van der Waals surface area contributed by atoms with E-state index >= 15 is 0 Å². The molecule has 0 saturated heterocycles. The van der Waals surface area contributed by atoms with Gasteiger partial charge in [-0.3, -0.25) is 5.10 Å². The van der Waals surface area contributed by atoms with Crippen LogP contribution in [0.5, 0.6) is 0 Å². The van der Waals surface area contributed by atoms with Crippen molar-refractivity contribution in [1.82, 2.24) is 10.2 Å². The van der Waals surface area contributed by atoms with Crippen molar-refractivity contribution >= 4 is 0 Å². The third kappa shape index (κ3) is 0.671. The lowest BCUT2D eigenvalue weighted by molar-refractivity contribution is 0.151. The number of aliphatic hydroxyl groups is 1. The van der Waals surface area contributed by atoms with Crippen molar-refractivity contribution in [2.45, 2.75) is 25.4 Å². The van der Waals surface area contributed by atoms with Crippen LogP contribution in [-0.4, -0.2) is 15.3 Å². The highest BCUT2D eigenvalue weighted by atomic mass is 16.3. The molecule has 1 heterocycles. The fraction of sp³-hybridized carbons (Fsp3) is 0.571. The zero-order chi connectivity index (χ0) is 7.19. The SMILES string of the molecule is Cc1[nH]ncc1C1(O)CC1. The summed E-state index contributed by atoms with van der Waals surface area (Å²) in [6.45, 7) is 1.93. The topological polar surface area (TPSA) is 48.9 Å². The highest BCUT2D eigenvalue weighted by Gasteiger charge is 2.43. The molecule has 0 atom stereocenters. The Morgan fingerprint density at radius 3 is 2.80 bits per heavy atom. The molecule has 0 spiro atoms. The van der Waals surface area contributed by atoms with Crippen LogP contribution in [0.25, 0.3) is 0 Å². The third-order valence-corrected chi connectivity index (χ3v) is 2.05. The number of aryl methyl sites for hydroxylation is 1. The Labute approximate surface area is 59.1 Å². The summed E-state index contributed by atoms with van der Waals surface area (Å²) in [6, 6.07) is 0. The second-order valence-corrected chi connectivity index (χ2v) is 2.94. The number of nitrogens with one attached hydrogen (secondary N) is 1. The Bertz CT molecular complexity index is 250. The fourth-order valence-corrected chi connectivity index (χ4v) is 1.21. The van der Waals surface area contributed by atoms with Crippen molar-refractivity contribution in [3.8, 4) is 0 Å². The molecule has 0 bridgehead atoms. The molecule has 3 nitrogen and oxygen atoms in total. The maximum Gasteiger partial charge on any atom is 0.0931 e. The van der Waals surface area contributed by atoms with Gasteiger partial charge in [-0.05, 0) is 19.8 Å². The van der Waals surface area contributed by atoms with Crippen LogP contribution in [0.1, 0.15) is 24.1 Å². The molecule has 10 heavy (non-hydrogen) atoms. The molecule has 0 aromatic carbocycles. The molecule has 1 saturated carbocycles. The Balaban J connectivity index is 2.42. The molecule has 1 fully saturated rings. The van der Waals surface area contributed by atoms with Crippen molar-refractivity contribution in [2.75, 3.05) is 0 Å². The fourth-order valence-electron chi connectivity index (χ4n) is 1.21. The van der Waals surface area contributed by atoms with E-state index in [0.717, 1.165) is 24.1 Å². The van der Waals surface area contributed by atoms with Crippen LogP contribution < -0.4 is 0 Å². The summed E-state index contributed by atoms with van der Waals surface area (Å²) in [5.74, 6) is 0. The Morgan fingerprint density at radius 2 is 2.40 bits per heavy atom. The minimum Gasteiger partial charge on any atom is -0.385 e. The number of aromatic amines is 1. The standard InChI is InChI=1S/C7H10N2O/c1-5-6(4-8-9-5)7(10)2-3-7/h4,10H,2-3H2,1H3,(H,8,9). The van der Waals surface area contributed by atoms with Gasteiger partial charge in [0.1, 0.15) is 0 Å². The van der Waals surface area contributed by atoms with Crippen molar-refractivity contribution in [3.63, 3.8) is 0 Å². The molecular formula is C7H10N2O. The molecule has 0 radical (unpaired) electrons. The van der Waals surface area contributed by atoms with E-state index in [1.54, 1.807) is 6.20 Å². The molecule has 1 aromatic rings. The number of hydrogen-bond acceptors (Lipinski definition) is 2. The van der Waals surface area contributed by atoms with Crippen LogP contribution >= 0.6 is 0 Å². The van der Waals surface area contributed by atoms with Crippen LogP contribution in [0.3, 0.4) is 0 Å². The van der Waals surface area contributed by atoms with Gasteiger partial charge < -0.3 is 5.11 Å². The lowest BCUT2D eigenvalue weighted by atomic mass is 10.1. The predicted octanol–water partition coefficient (Wildman–Crippen LogP) is 0.700. The molecule has 1 aliphatic rings. The summed E-state index contributed by atoms with van der Waals surface area (Å²) in [7, 11) is 0. The molecule has 3 heteroatoms. The minimum atomic E-state index is -0.531. The van der Waals surface area contributed by atoms with Crippen LogP contribution in [0.2, 0.25) is 0 Å². The quantitative estimate of drug-likeness (QED) is 0.600. The van der Waals surface area contributed by atoms with Gasteiger partial charge in [0, 0.05) is 11.3 Å². The Hall–Kier alpha value is -0.830. The summed E-state index contributed by atoms with van der Waals surface area (Å²) in [5, 5.41) is 16.3. The van der Waals surface area contributed by atoms with Gasteiger partial charge in [-0.15, -0.1) is 0 Å². The normalized spacial score (nSPS) is 21.0. The number of aromatic nitrogens is 2. The lowest BCUT2D eigenvalue weighted by Crippen LogP contribution is -2.03. The van der Waals surface area contributed by atoms with Crippen molar-refractivity contribution < 1.29 is 5.11 Å². The highest BCUT2D eigenvalue weighted by Crippen LogP contribution is 2.45. The molecular weight excluding hydrogens is 128 g/mol. The predicted molar refractivity (Wildman–Crippen MR) is 36.5 cm³/mol. The van der Waals surface area contributed by atoms with E-state index < -0.39 is 5.60 Å². The number of nitrogens with zero attached hydrogens (tertiary/aromatic N) is 1. The summed E-state index contributed by atoms with van der Waals surface area (Å²) < 4.78 is 0. The monoisotopic (exact) mass is 138 g/mol. The maximum atomic E-state index is 9.61. The lowest BCUT2D eigenvalue weighted by Gasteiger charge is -2.03. The van der Waals surface area contributed by atoms with Gasteiger partial charge in [0.05, 0.1) is 11.8 Å². The zero-order valence-electron chi connectivity index (χ0n) is 5.89. The van der Waals surface area contributed by atoms with Gasteiger partial charge in [-0.25, -0.2) is 0 Å². The van der Waals surface area contributed by atoms with Gasteiger partial charge in [0.25, 0.3) is 0 Å². The average molecular weight is 138 g/mol. The van der Waals surface area contributed by atoms with Gasteiger partial charge in [-0.1, -0.05) is 0 Å². The van der Waals surface area contributed by atoms with E-state index in [0.29, 0.717) is 0 Å². The summed E-state index contributed by atoms with van der Waals surface area (Å²) in [5.41, 5.74) is 1.42. The van der Waals surface area contributed by atoms with E-state index in [2.05, 4.69) is 10.2 Å². The third-order valence-electron chi connectivity index (χ3n) is 2.05. The van der Waals surface area contributed by atoms with E-state index in [9.17, 15) is 5.11 Å². The van der Waals surface area contributed by atoms with Crippen molar-refractivity contribution in [1.29, 1.82) is 0 Å². The largest absolute Gasteiger partial charge is 0.385 e. The Kier molecular flexibility index (Phi) is 0.951. The molecule has 0 unspecified atom stereocenters. The zero-order valence-corrected chi connectivity index (χ0v) is 5.89. The van der Waals surface area contributed by atoms with Crippen molar-refractivity contribution in [2.24, 2.45) is 0 Å². The first-order valence-corrected chi connectivity index (χ1v) is 3.45. The number of hydrogen-bond donors (Lipinski definition) is 2. The van der Waals surface area contributed by atoms with E-state index in [-0.39, 0.29) is 0 Å². The molecule has 2 rings (SSSR count). The van der Waals surface area contributed by atoms with Crippen LogP contribution in [0, 0.1) is 6.92 Å². The smallest absolute Gasteiger partial charge is 0.0931 e. The Morgan fingerprint density at radius 1 is 1.70 bits per heavy atom. The average Bonchev–Trinajstić information content (AvgIpc) is 2.44. The van der Waals surface area contributed by atoms with Gasteiger partial charge in [0.15, 0.2) is 0 Å². The second kappa shape index (κ2) is 1.61. The van der Waals surface area contributed by atoms with Crippen molar-refractivity contribution in [3.05, 3.63) is 17.5 Å². The summed E-state index contributed by atoms with van der Waals surface area (Å²) >= 11 is 0. The number of H-pyrrole nitrogens is 1. The summed E-state index contributed by atoms with van der Waals surface area (Å²) in [6.07, 6.45) is 3.48. The minimum absolute atomic E-state index is 0.531. The van der Waals surface area contributed by atoms with Gasteiger partial charge >= 0.3 is 0 Å². The first kappa shape index (κ1) is 5.92. The van der Waals surface area contributed by atoms with Crippen LogP contribution in [0.4, 0.5) is 0 Å². The maximum absolute atomic E-state index is 9.61. The second-order valence-electron chi connectivity index (χ2n) is 2.94. The molecule has 0 amide bonds. The first-order valence-electron chi connectivity index (χ1n) is 3.45. The molecule has 54 valence electrons. The van der Waals surface area contributed by atoms with Gasteiger partial charge in [0.2, 0.25) is 0 Å². The highest BCUT2D eigenvalue weighted by molar-refractivity contribution is 5.27. The van der Waals surface area contributed by atoms with E-state index in [4.69, 9.17) is 0 Å². The summed E-state index contributed by atoms with van der Waals surface area (Å²) in [4.78, 5) is 0. The van der Waals surface area contributed by atoms with E-state index in [1.165, 1.54) is 0 Å². The van der Waals surface area contributed by atoms with Gasteiger partial charge in [-0.2, -0.15) is 5.10 Å². The van der Waals surface area contributed by atoms with E-state index in [1.807, 2.05) is 6.92 Å². The number of rotatable bonds is 1. The van der Waals surface area contributed by atoms with Crippen LogP contribution in [-0.2, 0) is 5.60 Å². The molecule has 1 aromatic heterocycles. The first-order chi connectivity index (χ1) is 4.72. The molecule has 1 aliphatic carbocycles. The van der Waals surface area contributed by atoms with Crippen LogP contribution in [0.15, 0.2) is 6.20 Å². The molecule has 2 N–H and O–H groups in total.